The number of benzene rings is 3. The van der Waals surface area contributed by atoms with Crippen LogP contribution in [0.1, 0.15) is 71.4 Å². The molecule has 3 aliphatic rings. The Morgan fingerprint density at radius 1 is 1.07 bits per heavy atom. The molecule has 10 nitrogen and oxygen atoms in total. The summed E-state index contributed by atoms with van der Waals surface area (Å²) in [5.74, 6) is 1.06. The van der Waals surface area contributed by atoms with Crippen LogP contribution >= 0.6 is 0 Å². The number of aromatic hydroxyl groups is 1. The first-order valence-electron chi connectivity index (χ1n) is 14.5. The Morgan fingerprint density at radius 2 is 1.77 bits per heavy atom. The predicted octanol–water partition coefficient (Wildman–Crippen LogP) is 5.94. The van der Waals surface area contributed by atoms with Crippen LogP contribution in [0.3, 0.4) is 0 Å². The summed E-state index contributed by atoms with van der Waals surface area (Å²) in [5.41, 5.74) is 7.63. The van der Waals surface area contributed by atoms with E-state index in [2.05, 4.69) is 6.92 Å². The number of carbonyl (C=O) groups is 2. The number of fused-ring (bicyclic) bond motifs is 6. The molecule has 44 heavy (non-hydrogen) atoms. The lowest BCUT2D eigenvalue weighted by Crippen LogP contribution is -2.43. The number of Topliss-reactive ketones (excluding diaryl/α,β-unsaturated/α-hetero) is 1. The molecule has 6 rings (SSSR count). The van der Waals surface area contributed by atoms with E-state index in [1.807, 2.05) is 26.0 Å². The molecule has 232 valence electrons. The van der Waals surface area contributed by atoms with Crippen molar-refractivity contribution in [2.45, 2.75) is 51.2 Å². The van der Waals surface area contributed by atoms with Crippen LogP contribution in [0.25, 0.3) is 6.08 Å². The van der Waals surface area contributed by atoms with Gasteiger partial charge in [-0.3, -0.25) is 4.79 Å². The zero-order valence-corrected chi connectivity index (χ0v) is 25.5. The summed E-state index contributed by atoms with van der Waals surface area (Å²) < 4.78 is 33.8. The van der Waals surface area contributed by atoms with Gasteiger partial charge >= 0.3 is 5.97 Å². The second kappa shape index (κ2) is 12.4. The second-order valence-corrected chi connectivity index (χ2v) is 11.2. The van der Waals surface area contributed by atoms with Crippen LogP contribution in [0.5, 0.6) is 34.5 Å². The Kier molecular flexibility index (Phi) is 8.62. The average molecular weight is 604 g/mol. The Balaban J connectivity index is 0.000000232. The van der Waals surface area contributed by atoms with Gasteiger partial charge in [-0.05, 0) is 62.8 Å². The van der Waals surface area contributed by atoms with Gasteiger partial charge < -0.3 is 39.3 Å². The molecule has 2 atom stereocenters. The molecule has 10 heteroatoms. The van der Waals surface area contributed by atoms with Crippen LogP contribution in [0.2, 0.25) is 0 Å². The van der Waals surface area contributed by atoms with E-state index in [0.717, 1.165) is 12.8 Å². The molecule has 0 fully saturated rings. The zero-order valence-electron chi connectivity index (χ0n) is 25.5. The third-order valence-electron chi connectivity index (χ3n) is 7.59. The summed E-state index contributed by atoms with van der Waals surface area (Å²) in [7, 11) is 3.07. The molecule has 3 N–H and O–H groups in total. The molecule has 0 bridgehead atoms. The van der Waals surface area contributed by atoms with Crippen LogP contribution in [0, 0.1) is 0 Å². The maximum absolute atomic E-state index is 13.6. The van der Waals surface area contributed by atoms with E-state index >= 15 is 0 Å². The summed E-state index contributed by atoms with van der Waals surface area (Å²) in [6, 6.07) is 11.6. The van der Waals surface area contributed by atoms with E-state index in [0.29, 0.717) is 57.7 Å². The van der Waals surface area contributed by atoms with Crippen molar-refractivity contribution in [3.8, 4) is 34.5 Å². The van der Waals surface area contributed by atoms with E-state index in [1.54, 1.807) is 43.5 Å². The Bertz CT molecular complexity index is 1590. The topological polar surface area (TPSA) is 136 Å². The smallest absolute Gasteiger partial charge is 0.338 e. The number of phenols is 1. The largest absolute Gasteiger partial charge is 0.507 e. The van der Waals surface area contributed by atoms with Gasteiger partial charge in [0, 0.05) is 23.4 Å². The SMILES string of the molecule is CCCCOC(=O)c1ccc(N)cc1.COc1cc2c(cc1OC)C1C(=O)c3c(O)cc4c(c3OC1CO2)C=CC(C)(C)O4. The minimum atomic E-state index is -0.630. The number of rotatable bonds is 6. The van der Waals surface area contributed by atoms with Gasteiger partial charge in [0.25, 0.3) is 0 Å². The first-order valence-corrected chi connectivity index (χ1v) is 14.5. The van der Waals surface area contributed by atoms with Crippen LogP contribution in [-0.2, 0) is 4.74 Å². The summed E-state index contributed by atoms with van der Waals surface area (Å²) >= 11 is 0. The van der Waals surface area contributed by atoms with Crippen molar-refractivity contribution in [2.75, 3.05) is 33.2 Å². The number of esters is 1. The fraction of sp³-hybridized carbons (Fsp3) is 0.353. The number of unbranched alkanes of at least 4 members (excludes halogenated alkanes) is 1. The van der Waals surface area contributed by atoms with Crippen molar-refractivity contribution in [1.82, 2.24) is 0 Å². The molecule has 0 radical (unpaired) electrons. The van der Waals surface area contributed by atoms with Gasteiger partial charge in [0.1, 0.15) is 46.9 Å². The monoisotopic (exact) mass is 603 g/mol. The normalized spacial score (nSPS) is 18.3. The third-order valence-corrected chi connectivity index (χ3v) is 7.59. The second-order valence-electron chi connectivity index (χ2n) is 11.2. The summed E-state index contributed by atoms with van der Waals surface area (Å²) in [6.07, 6.45) is 5.16. The van der Waals surface area contributed by atoms with Crippen LogP contribution in [-0.4, -0.2) is 56.0 Å². The molecule has 0 amide bonds. The molecule has 0 saturated carbocycles. The maximum Gasteiger partial charge on any atom is 0.338 e. The molecule has 0 aromatic heterocycles. The van der Waals surface area contributed by atoms with Gasteiger partial charge in [0.2, 0.25) is 0 Å². The first-order chi connectivity index (χ1) is 21.1. The van der Waals surface area contributed by atoms with Gasteiger partial charge in [-0.25, -0.2) is 4.79 Å². The lowest BCUT2D eigenvalue weighted by Gasteiger charge is -2.39. The molecule has 3 aromatic rings. The standard InChI is InChI=1S/C23H22O7.C11H15NO2/c1-23(2)6-5-11-15(30-23)8-13(24)20-21(25)19-12-7-16(26-3)17(27-4)9-14(12)28-10-18(19)29-22(11)20;1-2-3-8-14-11(13)9-4-6-10(12)7-5-9/h5-9,18-19,24H,10H2,1-4H3;4-7H,2-3,8,12H2,1H3. The molecule has 0 aliphatic carbocycles. The molecule has 2 unspecified atom stereocenters. The number of carbonyl (C=O) groups excluding carboxylic acids is 2. The highest BCUT2D eigenvalue weighted by Crippen LogP contribution is 2.52. The first kappa shape index (κ1) is 30.6. The van der Waals surface area contributed by atoms with Crippen molar-refractivity contribution in [3.05, 3.63) is 70.8 Å². The van der Waals surface area contributed by atoms with Crippen molar-refractivity contribution >= 4 is 23.5 Å². The minimum absolute atomic E-state index is 0.158. The quantitative estimate of drug-likeness (QED) is 0.198. The van der Waals surface area contributed by atoms with E-state index < -0.39 is 17.6 Å². The van der Waals surface area contributed by atoms with Crippen LogP contribution in [0.4, 0.5) is 5.69 Å². The number of phenolic OH excluding ortho intramolecular Hbond substituents is 1. The van der Waals surface area contributed by atoms with Gasteiger partial charge in [-0.1, -0.05) is 13.3 Å². The fourth-order valence-corrected chi connectivity index (χ4v) is 5.28. The predicted molar refractivity (Wildman–Crippen MR) is 164 cm³/mol. The maximum atomic E-state index is 13.6. The summed E-state index contributed by atoms with van der Waals surface area (Å²) in [4.78, 5) is 24.9. The van der Waals surface area contributed by atoms with Crippen molar-refractivity contribution in [3.63, 3.8) is 0 Å². The third kappa shape index (κ3) is 5.97. The average Bonchev–Trinajstić information content (AvgIpc) is 3.00. The van der Waals surface area contributed by atoms with Crippen LogP contribution < -0.4 is 29.4 Å². The minimum Gasteiger partial charge on any atom is -0.507 e. The zero-order chi connectivity index (χ0) is 31.6. The summed E-state index contributed by atoms with van der Waals surface area (Å²) in [6.45, 7) is 6.56. The molecular weight excluding hydrogens is 566 g/mol. The number of ketones is 1. The number of anilines is 1. The molecule has 0 spiro atoms. The lowest BCUT2D eigenvalue weighted by molar-refractivity contribution is 0.0498. The molecular formula is C34H37NO9. The molecule has 0 saturated heterocycles. The highest BCUT2D eigenvalue weighted by atomic mass is 16.5. The van der Waals surface area contributed by atoms with Gasteiger partial charge in [0.15, 0.2) is 17.3 Å². The number of nitrogen functional groups attached to an aromatic ring is 1. The number of hydrogen-bond acceptors (Lipinski definition) is 10. The highest BCUT2D eigenvalue weighted by molar-refractivity contribution is 6.08. The van der Waals surface area contributed by atoms with Crippen molar-refractivity contribution < 1.29 is 43.1 Å². The van der Waals surface area contributed by atoms with Gasteiger partial charge in [-0.15, -0.1) is 0 Å². The van der Waals surface area contributed by atoms with E-state index in [9.17, 15) is 14.7 Å². The highest BCUT2D eigenvalue weighted by Gasteiger charge is 2.46. The van der Waals surface area contributed by atoms with Gasteiger partial charge in [0.05, 0.1) is 37.9 Å². The Morgan fingerprint density at radius 3 is 2.45 bits per heavy atom. The fourth-order valence-electron chi connectivity index (χ4n) is 5.28. The van der Waals surface area contributed by atoms with E-state index in [1.165, 1.54) is 13.2 Å². The van der Waals surface area contributed by atoms with Gasteiger partial charge in [-0.2, -0.15) is 0 Å². The van der Waals surface area contributed by atoms with Crippen LogP contribution in [0.15, 0.2) is 48.5 Å². The van der Waals surface area contributed by atoms with Crippen molar-refractivity contribution in [1.29, 1.82) is 0 Å². The lowest BCUT2D eigenvalue weighted by atomic mass is 9.80. The van der Waals surface area contributed by atoms with E-state index in [-0.39, 0.29) is 29.7 Å². The molecule has 3 aromatic carbocycles. The number of ether oxygens (including phenoxy) is 6. The number of methoxy groups -OCH3 is 2. The molecule has 3 heterocycles. The molecule has 3 aliphatic heterocycles. The number of nitrogens with two attached hydrogens (primary N) is 1. The number of hydrogen-bond donors (Lipinski definition) is 2. The van der Waals surface area contributed by atoms with Crippen molar-refractivity contribution in [2.24, 2.45) is 0 Å². The summed E-state index contributed by atoms with van der Waals surface area (Å²) in [5, 5.41) is 10.7. The Hall–Kier alpha value is -4.86. The van der Waals surface area contributed by atoms with E-state index in [4.69, 9.17) is 34.2 Å². The Labute approximate surface area is 256 Å².